The van der Waals surface area contributed by atoms with Crippen molar-refractivity contribution in [3.63, 3.8) is 0 Å². The van der Waals surface area contributed by atoms with Gasteiger partial charge < -0.3 is 38.7 Å². The molecule has 0 amide bonds. The van der Waals surface area contributed by atoms with Crippen molar-refractivity contribution < 1.29 is 38.7 Å². The van der Waals surface area contributed by atoms with Gasteiger partial charge in [0.05, 0.1) is 24.1 Å². The lowest BCUT2D eigenvalue weighted by Crippen LogP contribution is -2.63. The highest BCUT2D eigenvalue weighted by Gasteiger charge is 2.68. The summed E-state index contributed by atoms with van der Waals surface area (Å²) in [6, 6.07) is 3.30. The maximum atomic E-state index is 13.0. The summed E-state index contributed by atoms with van der Waals surface area (Å²) in [4.78, 5) is 24.6. The third kappa shape index (κ3) is 4.10. The Labute approximate surface area is 235 Å². The van der Waals surface area contributed by atoms with Crippen LogP contribution in [0.3, 0.4) is 0 Å². The molecule has 4 saturated carbocycles. The molecule has 0 bridgehead atoms. The molecule has 13 atom stereocenters. The number of hydrogen-bond acceptors (Lipinski definition) is 9. The molecule has 3 N–H and O–H groups in total. The molecule has 6 rings (SSSR count). The van der Waals surface area contributed by atoms with Crippen molar-refractivity contribution >= 4 is 6.29 Å². The van der Waals surface area contributed by atoms with Gasteiger partial charge in [0.2, 0.25) is 0 Å². The Morgan fingerprint density at radius 3 is 2.52 bits per heavy atom. The minimum absolute atomic E-state index is 0.0409. The van der Waals surface area contributed by atoms with Gasteiger partial charge in [-0.25, -0.2) is 4.79 Å². The van der Waals surface area contributed by atoms with Crippen LogP contribution < -0.4 is 5.63 Å². The van der Waals surface area contributed by atoms with Crippen molar-refractivity contribution in [2.24, 2.45) is 28.6 Å². The number of aldehydes is 1. The molecule has 40 heavy (non-hydrogen) atoms. The lowest BCUT2D eigenvalue weighted by atomic mass is 9.43. The Morgan fingerprint density at radius 1 is 1.02 bits per heavy atom. The molecule has 5 fully saturated rings. The fourth-order valence-corrected chi connectivity index (χ4v) is 9.91. The number of carbonyl (C=O) groups excluding carboxylic acids is 1. The largest absolute Gasteiger partial charge is 0.431 e. The number of aliphatic hydroxyl groups excluding tert-OH is 2. The summed E-state index contributed by atoms with van der Waals surface area (Å²) in [5.41, 5.74) is -1.12. The van der Waals surface area contributed by atoms with Gasteiger partial charge in [-0.15, -0.1) is 0 Å². The van der Waals surface area contributed by atoms with Gasteiger partial charge in [-0.3, -0.25) is 0 Å². The third-order valence-electron chi connectivity index (χ3n) is 12.1. The zero-order chi connectivity index (χ0) is 28.4. The number of aliphatic hydroxyl groups is 3. The monoisotopic (exact) mass is 560 g/mol. The fraction of sp³-hybridized carbons (Fsp3) is 0.806. The summed E-state index contributed by atoms with van der Waals surface area (Å²) >= 11 is 0. The van der Waals surface area contributed by atoms with Crippen molar-refractivity contribution in [3.8, 4) is 0 Å². The van der Waals surface area contributed by atoms with Crippen LogP contribution in [0.25, 0.3) is 0 Å². The van der Waals surface area contributed by atoms with Gasteiger partial charge in [0.25, 0.3) is 0 Å². The average Bonchev–Trinajstić information content (AvgIpc) is 3.23. The van der Waals surface area contributed by atoms with Crippen LogP contribution in [-0.4, -0.2) is 71.1 Å². The number of hydrogen-bond donors (Lipinski definition) is 3. The van der Waals surface area contributed by atoms with Gasteiger partial charge in [-0.1, -0.05) is 6.92 Å². The SMILES string of the molecule is COC1C(O)C(C)OC(OC2CCC3(C=O)C(CCC4C3CCC3(C)C(c5ccc(=O)oc5)CCC43O)C2)C1O. The second kappa shape index (κ2) is 10.3. The van der Waals surface area contributed by atoms with Gasteiger partial charge in [0, 0.05) is 24.0 Å². The standard InChI is InChI=1S/C31H44O9/c1-17-25(34)27(37-3)26(35)28(39-17)40-20-8-12-30(16-32)19(14-20)5-6-23-22(30)9-11-29(2)21(10-13-31(23,29)36)18-4-7-24(33)38-15-18/h4,7,15-17,19-23,25-28,34-36H,5-6,8-14H2,1-3H3. The first kappa shape index (κ1) is 28.5. The molecule has 5 aliphatic rings. The highest BCUT2D eigenvalue weighted by Crippen LogP contribution is 2.70. The summed E-state index contributed by atoms with van der Waals surface area (Å²) in [7, 11) is 1.46. The number of rotatable bonds is 5. The molecule has 1 saturated heterocycles. The van der Waals surface area contributed by atoms with E-state index >= 15 is 0 Å². The summed E-state index contributed by atoms with van der Waals surface area (Å²) in [5, 5.41) is 33.5. The van der Waals surface area contributed by atoms with E-state index in [1.165, 1.54) is 19.5 Å². The van der Waals surface area contributed by atoms with Crippen LogP contribution in [0.5, 0.6) is 0 Å². The molecule has 222 valence electrons. The van der Waals surface area contributed by atoms with Gasteiger partial charge in [0.1, 0.15) is 24.6 Å². The molecule has 1 aromatic rings. The highest BCUT2D eigenvalue weighted by molar-refractivity contribution is 5.62. The normalized spacial score (nSPS) is 50.5. The summed E-state index contributed by atoms with van der Waals surface area (Å²) < 4.78 is 22.6. The molecule has 9 heteroatoms. The molecule has 0 spiro atoms. The molecule has 1 aliphatic heterocycles. The van der Waals surface area contributed by atoms with Crippen molar-refractivity contribution in [3.05, 3.63) is 34.4 Å². The quantitative estimate of drug-likeness (QED) is 0.367. The first-order valence-corrected chi connectivity index (χ1v) is 15.1. The van der Waals surface area contributed by atoms with E-state index in [9.17, 15) is 24.9 Å². The molecular weight excluding hydrogens is 516 g/mol. The maximum Gasteiger partial charge on any atom is 0.335 e. The predicted octanol–water partition coefficient (Wildman–Crippen LogP) is 2.93. The topological polar surface area (TPSA) is 136 Å². The zero-order valence-electron chi connectivity index (χ0n) is 23.7. The van der Waals surface area contributed by atoms with Crippen LogP contribution in [0.1, 0.15) is 83.1 Å². The van der Waals surface area contributed by atoms with Gasteiger partial charge in [0.15, 0.2) is 6.29 Å². The van der Waals surface area contributed by atoms with Crippen LogP contribution >= 0.6 is 0 Å². The van der Waals surface area contributed by atoms with Crippen LogP contribution in [0.15, 0.2) is 27.6 Å². The van der Waals surface area contributed by atoms with Crippen molar-refractivity contribution in [2.75, 3.05) is 7.11 Å². The molecular formula is C31H44O9. The van der Waals surface area contributed by atoms with Crippen LogP contribution in [-0.2, 0) is 19.0 Å². The first-order valence-electron chi connectivity index (χ1n) is 15.1. The molecule has 0 aromatic carbocycles. The van der Waals surface area contributed by atoms with E-state index < -0.39 is 41.7 Å². The minimum atomic E-state index is -1.11. The van der Waals surface area contributed by atoms with Crippen molar-refractivity contribution in [2.45, 2.75) is 120 Å². The van der Waals surface area contributed by atoms with E-state index in [1.54, 1.807) is 13.2 Å². The lowest BCUT2D eigenvalue weighted by molar-refractivity contribution is -0.312. The Kier molecular flexibility index (Phi) is 7.32. The van der Waals surface area contributed by atoms with Gasteiger partial charge in [-0.2, -0.15) is 0 Å². The Hall–Kier alpha value is -1.62. The minimum Gasteiger partial charge on any atom is -0.431 e. The second-order valence-electron chi connectivity index (χ2n) is 13.5. The second-order valence-corrected chi connectivity index (χ2v) is 13.5. The fourth-order valence-electron chi connectivity index (χ4n) is 9.91. The molecule has 0 radical (unpaired) electrons. The summed E-state index contributed by atoms with van der Waals surface area (Å²) in [6.45, 7) is 3.93. The number of methoxy groups -OCH3 is 1. The maximum absolute atomic E-state index is 13.0. The Balaban J connectivity index is 1.19. The molecule has 9 nitrogen and oxygen atoms in total. The molecule has 1 aromatic heterocycles. The first-order chi connectivity index (χ1) is 19.1. The predicted molar refractivity (Wildman–Crippen MR) is 143 cm³/mol. The number of ether oxygens (including phenoxy) is 3. The Morgan fingerprint density at radius 2 is 1.82 bits per heavy atom. The van der Waals surface area contributed by atoms with E-state index in [4.69, 9.17) is 18.6 Å². The van der Waals surface area contributed by atoms with Gasteiger partial charge >= 0.3 is 5.63 Å². The average molecular weight is 561 g/mol. The van der Waals surface area contributed by atoms with Gasteiger partial charge in [-0.05, 0) is 100 Å². The van der Waals surface area contributed by atoms with Crippen LogP contribution in [0.2, 0.25) is 0 Å². The Bertz CT molecular complexity index is 1130. The van der Waals surface area contributed by atoms with Crippen LogP contribution in [0.4, 0.5) is 0 Å². The number of fused-ring (bicyclic) bond motifs is 5. The van der Waals surface area contributed by atoms with E-state index in [-0.39, 0.29) is 40.8 Å². The third-order valence-corrected chi connectivity index (χ3v) is 12.1. The van der Waals surface area contributed by atoms with Crippen molar-refractivity contribution in [1.82, 2.24) is 0 Å². The van der Waals surface area contributed by atoms with Crippen LogP contribution in [0, 0.1) is 28.6 Å². The lowest BCUT2D eigenvalue weighted by Gasteiger charge is -2.63. The number of carbonyl (C=O) groups is 1. The highest BCUT2D eigenvalue weighted by atomic mass is 16.7. The van der Waals surface area contributed by atoms with E-state index in [1.807, 2.05) is 6.07 Å². The zero-order valence-corrected chi connectivity index (χ0v) is 23.7. The smallest absolute Gasteiger partial charge is 0.335 e. The summed E-state index contributed by atoms with van der Waals surface area (Å²) in [5.74, 6) is 0.398. The molecule has 2 heterocycles. The van der Waals surface area contributed by atoms with Crippen molar-refractivity contribution in [1.29, 1.82) is 0 Å². The molecule has 4 aliphatic carbocycles. The summed E-state index contributed by atoms with van der Waals surface area (Å²) in [6.07, 6.45) is 5.26. The molecule has 13 unspecified atom stereocenters. The van der Waals surface area contributed by atoms with E-state index in [0.29, 0.717) is 25.7 Å². The van der Waals surface area contributed by atoms with E-state index in [0.717, 1.165) is 37.7 Å². The van der Waals surface area contributed by atoms with E-state index in [2.05, 4.69) is 6.92 Å².